The lowest BCUT2D eigenvalue weighted by molar-refractivity contribution is -0.0277. The Bertz CT molecular complexity index is 731. The van der Waals surface area contributed by atoms with Crippen LogP contribution in [-0.2, 0) is 5.92 Å². The predicted octanol–water partition coefficient (Wildman–Crippen LogP) is 4.98. The van der Waals surface area contributed by atoms with E-state index < -0.39 is 47.7 Å². The van der Waals surface area contributed by atoms with Gasteiger partial charge >= 0.3 is 0 Å². The Morgan fingerprint density at radius 2 is 1.58 bits per heavy atom. The molecule has 0 saturated heterocycles. The van der Waals surface area contributed by atoms with Crippen molar-refractivity contribution in [3.8, 4) is 11.5 Å². The number of rotatable bonds is 6. The summed E-state index contributed by atoms with van der Waals surface area (Å²) in [5, 5.41) is 0. The van der Waals surface area contributed by atoms with Crippen LogP contribution in [0.25, 0.3) is 0 Å². The average molecular weight is 346 g/mol. The van der Waals surface area contributed by atoms with Crippen LogP contribution < -0.4 is 9.47 Å². The van der Waals surface area contributed by atoms with Crippen LogP contribution in [0.1, 0.15) is 17.5 Å². The highest BCUT2D eigenvalue weighted by Gasteiger charge is 2.34. The van der Waals surface area contributed by atoms with Gasteiger partial charge in [-0.1, -0.05) is 6.07 Å². The van der Waals surface area contributed by atoms with E-state index in [4.69, 9.17) is 4.74 Å². The number of hydrogen-bond donors (Lipinski definition) is 0. The second-order valence-electron chi connectivity index (χ2n) is 5.18. The van der Waals surface area contributed by atoms with Crippen molar-refractivity contribution in [2.45, 2.75) is 19.3 Å². The van der Waals surface area contributed by atoms with Gasteiger partial charge in [0.05, 0.1) is 25.7 Å². The van der Waals surface area contributed by atoms with Crippen molar-refractivity contribution in [1.82, 2.24) is 0 Å². The second kappa shape index (κ2) is 7.07. The van der Waals surface area contributed by atoms with Crippen LogP contribution in [0.5, 0.6) is 11.5 Å². The molecule has 0 saturated carbocycles. The molecule has 0 bridgehead atoms. The van der Waals surface area contributed by atoms with Crippen LogP contribution in [0.2, 0.25) is 0 Å². The third-order valence-electron chi connectivity index (χ3n) is 3.42. The fourth-order valence-electron chi connectivity index (χ4n) is 2.12. The normalized spacial score (nSPS) is 11.5. The molecule has 0 unspecified atom stereocenters. The molecular weight excluding hydrogens is 331 g/mol. The number of halogens is 5. The van der Waals surface area contributed by atoms with Gasteiger partial charge < -0.3 is 9.47 Å². The molecule has 0 aliphatic heterocycles. The van der Waals surface area contributed by atoms with Crippen LogP contribution in [0.15, 0.2) is 30.3 Å². The average Bonchev–Trinajstić information content (AvgIpc) is 2.51. The first-order valence-electron chi connectivity index (χ1n) is 7.05. The Hall–Kier alpha value is -2.31. The summed E-state index contributed by atoms with van der Waals surface area (Å²) in [6, 6.07) is 5.56. The Morgan fingerprint density at radius 3 is 2.21 bits per heavy atom. The van der Waals surface area contributed by atoms with Crippen molar-refractivity contribution in [3.05, 3.63) is 58.9 Å². The van der Waals surface area contributed by atoms with Gasteiger partial charge in [0.1, 0.15) is 5.82 Å². The smallest absolute Gasteiger partial charge is 0.279 e. The molecule has 0 N–H and O–H groups in total. The Kier molecular flexibility index (Phi) is 5.31. The Morgan fingerprint density at radius 1 is 0.958 bits per heavy atom. The molecule has 0 aliphatic rings. The fraction of sp³-hybridized carbons (Fsp3) is 0.294. The van der Waals surface area contributed by atoms with Gasteiger partial charge in [-0.2, -0.15) is 8.78 Å². The maximum absolute atomic E-state index is 14.0. The summed E-state index contributed by atoms with van der Waals surface area (Å²) in [6.45, 7) is 0.956. The van der Waals surface area contributed by atoms with Gasteiger partial charge in [0.15, 0.2) is 11.5 Å². The van der Waals surface area contributed by atoms with Crippen molar-refractivity contribution in [2.75, 3.05) is 13.7 Å². The zero-order valence-corrected chi connectivity index (χ0v) is 13.0. The molecule has 0 spiro atoms. The Balaban J connectivity index is 2.07. The van der Waals surface area contributed by atoms with Gasteiger partial charge in [-0.25, -0.2) is 13.2 Å². The molecule has 7 heteroatoms. The number of benzene rings is 2. The largest absolute Gasteiger partial charge is 0.494 e. The molecular formula is C17H15F5O2. The van der Waals surface area contributed by atoms with Crippen LogP contribution in [0.3, 0.4) is 0 Å². The maximum Gasteiger partial charge on any atom is 0.279 e. The summed E-state index contributed by atoms with van der Waals surface area (Å²) in [5.74, 6) is -7.98. The summed E-state index contributed by atoms with van der Waals surface area (Å²) < 4.78 is 78.4. The highest BCUT2D eigenvalue weighted by atomic mass is 19.3. The quantitative estimate of drug-likeness (QED) is 0.687. The molecule has 0 atom stereocenters. The maximum atomic E-state index is 14.0. The minimum absolute atomic E-state index is 0.327. The minimum atomic E-state index is -3.50. The molecule has 2 nitrogen and oxygen atoms in total. The van der Waals surface area contributed by atoms with Crippen molar-refractivity contribution in [2.24, 2.45) is 0 Å². The molecule has 0 fully saturated rings. The van der Waals surface area contributed by atoms with Gasteiger partial charge in [-0.15, -0.1) is 0 Å². The molecule has 2 rings (SSSR count). The molecule has 0 amide bonds. The summed E-state index contributed by atoms with van der Waals surface area (Å²) in [5.41, 5.74) is -0.253. The molecule has 24 heavy (non-hydrogen) atoms. The summed E-state index contributed by atoms with van der Waals surface area (Å²) in [4.78, 5) is 0. The second-order valence-corrected chi connectivity index (χ2v) is 5.18. The number of hydrogen-bond acceptors (Lipinski definition) is 2. The molecule has 0 radical (unpaired) electrons. The van der Waals surface area contributed by atoms with E-state index in [-0.39, 0.29) is 5.75 Å². The highest BCUT2D eigenvalue weighted by Crippen LogP contribution is 2.34. The van der Waals surface area contributed by atoms with Crippen molar-refractivity contribution in [1.29, 1.82) is 0 Å². The molecule has 130 valence electrons. The molecule has 0 aliphatic carbocycles. The van der Waals surface area contributed by atoms with Gasteiger partial charge in [-0.3, -0.25) is 0 Å². The number of ether oxygens (including phenoxy) is 2. The number of alkyl halides is 2. The topological polar surface area (TPSA) is 18.5 Å². The summed E-state index contributed by atoms with van der Waals surface area (Å²) in [7, 11) is 1.16. The molecule has 2 aromatic carbocycles. The van der Waals surface area contributed by atoms with E-state index in [0.29, 0.717) is 5.56 Å². The van der Waals surface area contributed by atoms with E-state index in [0.717, 1.165) is 31.4 Å². The monoisotopic (exact) mass is 346 g/mol. The summed E-state index contributed by atoms with van der Waals surface area (Å²) in [6.07, 6.45) is -0.889. The minimum Gasteiger partial charge on any atom is -0.494 e. The van der Waals surface area contributed by atoms with Crippen LogP contribution in [-0.4, -0.2) is 13.7 Å². The van der Waals surface area contributed by atoms with Gasteiger partial charge in [-0.05, 0) is 36.8 Å². The predicted molar refractivity (Wildman–Crippen MR) is 78.1 cm³/mol. The lowest BCUT2D eigenvalue weighted by atomic mass is 10.0. The van der Waals surface area contributed by atoms with Crippen LogP contribution >= 0.6 is 0 Å². The molecule has 2 aromatic rings. The fourth-order valence-corrected chi connectivity index (χ4v) is 2.12. The standard InChI is InChI=1S/C17H15F5O2/c1-10-3-4-11(12(18)9-10)17(21,22)7-8-24-14-6-5-13(23-2)15(19)16(14)20/h3-6,9H,7-8H2,1-2H3. The third-order valence-corrected chi connectivity index (χ3v) is 3.42. The lowest BCUT2D eigenvalue weighted by Gasteiger charge is -2.18. The summed E-state index contributed by atoms with van der Waals surface area (Å²) >= 11 is 0. The Labute approximate surface area is 135 Å². The first-order chi connectivity index (χ1) is 11.3. The zero-order valence-electron chi connectivity index (χ0n) is 13.0. The lowest BCUT2D eigenvalue weighted by Crippen LogP contribution is -2.19. The zero-order chi connectivity index (χ0) is 17.9. The van der Waals surface area contributed by atoms with Gasteiger partial charge in [0.25, 0.3) is 5.92 Å². The number of aryl methyl sites for hydroxylation is 1. The van der Waals surface area contributed by atoms with E-state index in [9.17, 15) is 22.0 Å². The molecule has 0 aromatic heterocycles. The van der Waals surface area contributed by atoms with Gasteiger partial charge in [0, 0.05) is 0 Å². The van der Waals surface area contributed by atoms with Crippen molar-refractivity contribution < 1.29 is 31.4 Å². The van der Waals surface area contributed by atoms with Crippen molar-refractivity contribution >= 4 is 0 Å². The van der Waals surface area contributed by atoms with Crippen LogP contribution in [0.4, 0.5) is 22.0 Å². The van der Waals surface area contributed by atoms with E-state index >= 15 is 0 Å². The molecule has 0 heterocycles. The highest BCUT2D eigenvalue weighted by molar-refractivity contribution is 5.35. The first kappa shape index (κ1) is 18.0. The number of methoxy groups -OCH3 is 1. The van der Waals surface area contributed by atoms with E-state index in [1.807, 2.05) is 0 Å². The van der Waals surface area contributed by atoms with Crippen LogP contribution in [0, 0.1) is 24.4 Å². The van der Waals surface area contributed by atoms with E-state index in [1.165, 1.54) is 6.07 Å². The van der Waals surface area contributed by atoms with E-state index in [2.05, 4.69) is 4.74 Å². The SMILES string of the molecule is COc1ccc(OCCC(F)(F)c2ccc(C)cc2F)c(F)c1F. The van der Waals surface area contributed by atoms with E-state index in [1.54, 1.807) is 6.92 Å². The van der Waals surface area contributed by atoms with Crippen molar-refractivity contribution in [3.63, 3.8) is 0 Å². The third kappa shape index (κ3) is 3.77. The van der Waals surface area contributed by atoms with Gasteiger partial charge in [0.2, 0.25) is 11.6 Å². The first-order valence-corrected chi connectivity index (χ1v) is 7.05.